The molecule has 12 heteroatoms. The number of hydrogen-bond donors (Lipinski definition) is 3. The van der Waals surface area contributed by atoms with Crippen LogP contribution in [0.1, 0.15) is 48.5 Å². The number of hydrogen-bond acceptors (Lipinski definition) is 5. The molecule has 0 atom stereocenters. The molecule has 0 spiro atoms. The van der Waals surface area contributed by atoms with Crippen molar-refractivity contribution >= 4 is 11.8 Å². The Morgan fingerprint density at radius 3 is 1.89 bits per heavy atom. The second-order valence-electron chi connectivity index (χ2n) is 8.68. The van der Waals surface area contributed by atoms with E-state index in [2.05, 4.69) is 10.6 Å². The first kappa shape index (κ1) is 31.1. The third-order valence-corrected chi connectivity index (χ3v) is 6.06. The highest BCUT2D eigenvalue weighted by atomic mass is 19.4. The Morgan fingerprint density at radius 1 is 0.895 bits per heavy atom. The van der Waals surface area contributed by atoms with Crippen LogP contribution in [0.5, 0.6) is 5.75 Å². The molecule has 0 unspecified atom stereocenters. The van der Waals surface area contributed by atoms with Crippen LogP contribution in [0.3, 0.4) is 0 Å². The molecule has 0 aliphatic heterocycles. The van der Waals surface area contributed by atoms with Crippen LogP contribution >= 0.6 is 0 Å². The molecular formula is C26H30F6N2O4. The molecular weight excluding hydrogens is 518 g/mol. The summed E-state index contributed by atoms with van der Waals surface area (Å²) in [6, 6.07) is 12.4. The molecule has 38 heavy (non-hydrogen) atoms. The quantitative estimate of drug-likeness (QED) is 0.288. The predicted molar refractivity (Wildman–Crippen MR) is 129 cm³/mol. The lowest BCUT2D eigenvalue weighted by molar-refractivity contribution is -0.192. The van der Waals surface area contributed by atoms with Gasteiger partial charge in [-0.2, -0.15) is 26.3 Å². The van der Waals surface area contributed by atoms with Gasteiger partial charge in [0, 0.05) is 29.8 Å². The van der Waals surface area contributed by atoms with Crippen molar-refractivity contribution in [2.75, 3.05) is 13.7 Å². The molecule has 210 valence electrons. The maximum Gasteiger partial charge on any atom is 0.490 e. The second-order valence-corrected chi connectivity index (χ2v) is 8.68. The van der Waals surface area contributed by atoms with Crippen LogP contribution in [-0.4, -0.2) is 54.9 Å². The molecule has 0 aromatic heterocycles. The summed E-state index contributed by atoms with van der Waals surface area (Å²) in [5.74, 6) is -3.79. The molecule has 1 fully saturated rings. The fourth-order valence-electron chi connectivity index (χ4n) is 4.01. The van der Waals surface area contributed by atoms with E-state index in [0.717, 1.165) is 48.1 Å². The molecule has 2 aromatic rings. The maximum atomic E-state index is 12.6. The zero-order chi connectivity index (χ0) is 28.5. The van der Waals surface area contributed by atoms with E-state index in [1.165, 1.54) is 12.1 Å². The van der Waals surface area contributed by atoms with E-state index >= 15 is 0 Å². The number of carboxylic acid groups (broad SMARTS) is 1. The van der Waals surface area contributed by atoms with Crippen LogP contribution in [0.25, 0.3) is 11.1 Å². The number of carbonyl (C=O) groups excluding carboxylic acids is 1. The first-order valence-electron chi connectivity index (χ1n) is 11.9. The van der Waals surface area contributed by atoms with Gasteiger partial charge in [0.2, 0.25) is 0 Å². The molecule has 0 radical (unpaired) electrons. The lowest BCUT2D eigenvalue weighted by Gasteiger charge is -2.29. The summed E-state index contributed by atoms with van der Waals surface area (Å²) in [5, 5.41) is 14.1. The minimum Gasteiger partial charge on any atom is -0.494 e. The molecule has 0 bridgehead atoms. The van der Waals surface area contributed by atoms with Gasteiger partial charge in [-0.15, -0.1) is 0 Å². The van der Waals surface area contributed by atoms with Crippen LogP contribution in [0.4, 0.5) is 26.3 Å². The molecule has 1 aliphatic carbocycles. The van der Waals surface area contributed by atoms with E-state index < -0.39 is 24.1 Å². The zero-order valence-corrected chi connectivity index (χ0v) is 20.9. The van der Waals surface area contributed by atoms with E-state index in [9.17, 15) is 31.1 Å². The highest BCUT2D eigenvalue weighted by Gasteiger charge is 2.39. The van der Waals surface area contributed by atoms with Crippen molar-refractivity contribution in [3.63, 3.8) is 0 Å². The van der Waals surface area contributed by atoms with Crippen molar-refractivity contribution in [1.29, 1.82) is 0 Å². The van der Waals surface area contributed by atoms with Gasteiger partial charge in [0.15, 0.2) is 0 Å². The lowest BCUT2D eigenvalue weighted by Crippen LogP contribution is -2.38. The summed E-state index contributed by atoms with van der Waals surface area (Å²) in [6.07, 6.45) is -5.43. The van der Waals surface area contributed by atoms with Crippen molar-refractivity contribution in [2.24, 2.45) is 0 Å². The number of benzene rings is 2. The van der Waals surface area contributed by atoms with Crippen LogP contribution < -0.4 is 15.4 Å². The van der Waals surface area contributed by atoms with Gasteiger partial charge in [0.1, 0.15) is 5.75 Å². The molecule has 3 N–H and O–H groups in total. The molecule has 1 saturated carbocycles. The predicted octanol–water partition coefficient (Wildman–Crippen LogP) is 5.75. The Hall–Kier alpha value is -3.12. The summed E-state index contributed by atoms with van der Waals surface area (Å²) >= 11 is 0. The van der Waals surface area contributed by atoms with Gasteiger partial charge in [0.25, 0.3) is 5.78 Å². The van der Waals surface area contributed by atoms with Gasteiger partial charge in [-0.3, -0.25) is 4.79 Å². The molecule has 2 aromatic carbocycles. The molecule has 0 amide bonds. The van der Waals surface area contributed by atoms with Gasteiger partial charge < -0.3 is 20.5 Å². The summed E-state index contributed by atoms with van der Waals surface area (Å²) in [4.78, 5) is 20.3. The van der Waals surface area contributed by atoms with E-state index in [1.54, 1.807) is 12.1 Å². The Labute approximate surface area is 216 Å². The number of carboxylic acids is 1. The average molecular weight is 549 g/mol. The number of ether oxygens (including phenoxy) is 1. The highest BCUT2D eigenvalue weighted by molar-refractivity contribution is 6.00. The van der Waals surface area contributed by atoms with Crippen LogP contribution in [-0.2, 0) is 11.3 Å². The fraction of sp³-hybridized carbons (Fsp3) is 0.462. The first-order chi connectivity index (χ1) is 17.8. The summed E-state index contributed by atoms with van der Waals surface area (Å²) in [5.41, 5.74) is 2.26. The smallest absolute Gasteiger partial charge is 0.490 e. The normalized spacial score (nSPS) is 17.8. The monoisotopic (exact) mass is 548 g/mol. The fourth-order valence-corrected chi connectivity index (χ4v) is 4.01. The van der Waals surface area contributed by atoms with E-state index in [0.29, 0.717) is 25.2 Å². The van der Waals surface area contributed by atoms with E-state index in [-0.39, 0.29) is 5.56 Å². The van der Waals surface area contributed by atoms with E-state index in [4.69, 9.17) is 14.6 Å². The Bertz CT molecular complexity index is 1060. The number of halogens is 6. The van der Waals surface area contributed by atoms with Crippen LogP contribution in [0.15, 0.2) is 42.5 Å². The molecule has 1 aliphatic rings. The third kappa shape index (κ3) is 9.32. The van der Waals surface area contributed by atoms with Gasteiger partial charge >= 0.3 is 18.3 Å². The number of rotatable bonds is 8. The van der Waals surface area contributed by atoms with Crippen LogP contribution in [0, 0.1) is 0 Å². The highest BCUT2D eigenvalue weighted by Crippen LogP contribution is 2.29. The van der Waals surface area contributed by atoms with Crippen molar-refractivity contribution < 1.29 is 45.8 Å². The Kier molecular flexibility index (Phi) is 11.1. The summed E-state index contributed by atoms with van der Waals surface area (Å²) in [6.45, 7) is 3.14. The van der Waals surface area contributed by atoms with Crippen LogP contribution in [0.2, 0.25) is 0 Å². The van der Waals surface area contributed by atoms with Gasteiger partial charge in [-0.1, -0.05) is 30.3 Å². The maximum absolute atomic E-state index is 12.6. The SMILES string of the molecule is CCOc1ccc(-c2ccc(C(=O)C(F)(F)F)cc2)cc1CNC1CCC(NC)CC1.O=C(O)C(F)(F)F. The van der Waals surface area contributed by atoms with Crippen molar-refractivity contribution in [1.82, 2.24) is 10.6 Å². The Balaban J connectivity index is 0.000000638. The van der Waals surface area contributed by atoms with Crippen molar-refractivity contribution in [3.05, 3.63) is 53.6 Å². The third-order valence-electron chi connectivity index (χ3n) is 6.06. The molecule has 0 heterocycles. The summed E-state index contributed by atoms with van der Waals surface area (Å²) in [7, 11) is 2.00. The molecule has 3 rings (SSSR count). The van der Waals surface area contributed by atoms with Gasteiger partial charge in [-0.25, -0.2) is 4.79 Å². The second kappa shape index (κ2) is 13.6. The number of Topliss-reactive ketones (excluding diaryl/α,β-unsaturated/α-hetero) is 1. The van der Waals surface area contributed by atoms with Crippen molar-refractivity contribution in [3.8, 4) is 16.9 Å². The average Bonchev–Trinajstić information content (AvgIpc) is 2.87. The standard InChI is InChI=1S/C24H29F3N2O2.C2HF3O2/c1-3-31-22-13-8-18(16-4-6-17(7-5-16)23(30)24(25,26)27)14-19(22)15-29-21-11-9-20(28-2)10-12-21;3-2(4,5)1(6)7/h4-8,13-14,20-21,28-29H,3,9-12,15H2,1-2H3;(H,6,7). The number of ketones is 1. The minimum absolute atomic E-state index is 0.360. The molecule has 0 saturated heterocycles. The van der Waals surface area contributed by atoms with Gasteiger partial charge in [-0.05, 0) is 62.9 Å². The zero-order valence-electron chi connectivity index (χ0n) is 20.9. The molecule has 6 nitrogen and oxygen atoms in total. The number of carbonyl (C=O) groups is 2. The number of aliphatic carboxylic acids is 1. The Morgan fingerprint density at radius 2 is 1.42 bits per heavy atom. The summed E-state index contributed by atoms with van der Waals surface area (Å²) < 4.78 is 75.4. The lowest BCUT2D eigenvalue weighted by atomic mass is 9.91. The largest absolute Gasteiger partial charge is 0.494 e. The van der Waals surface area contributed by atoms with E-state index in [1.807, 2.05) is 32.2 Å². The van der Waals surface area contributed by atoms with Crippen molar-refractivity contribution in [2.45, 2.75) is 63.6 Å². The minimum atomic E-state index is -5.08. The van der Waals surface area contributed by atoms with Gasteiger partial charge in [0.05, 0.1) is 6.61 Å². The number of nitrogens with one attached hydrogen (secondary N) is 2. The number of alkyl halides is 6. The topological polar surface area (TPSA) is 87.7 Å². The first-order valence-corrected chi connectivity index (χ1v) is 11.9.